The van der Waals surface area contributed by atoms with Crippen molar-refractivity contribution < 1.29 is 14.3 Å². The van der Waals surface area contributed by atoms with Crippen molar-refractivity contribution in [2.45, 2.75) is 19.8 Å². The zero-order valence-electron chi connectivity index (χ0n) is 13.7. The number of fused-ring (bicyclic) bond motifs is 1. The lowest BCUT2D eigenvalue weighted by Gasteiger charge is -2.19. The van der Waals surface area contributed by atoms with Gasteiger partial charge in [-0.3, -0.25) is 4.79 Å². The van der Waals surface area contributed by atoms with Gasteiger partial charge in [-0.25, -0.2) is 0 Å². The summed E-state index contributed by atoms with van der Waals surface area (Å²) in [7, 11) is 3.30. The summed E-state index contributed by atoms with van der Waals surface area (Å²) in [6, 6.07) is 8.00. The molecule has 0 unspecified atom stereocenters. The van der Waals surface area contributed by atoms with Gasteiger partial charge in [-0.2, -0.15) is 0 Å². The Labute approximate surface area is 140 Å². The fourth-order valence-electron chi connectivity index (χ4n) is 2.96. The molecule has 0 saturated carbocycles. The van der Waals surface area contributed by atoms with Crippen molar-refractivity contribution in [3.05, 3.63) is 45.1 Å². The summed E-state index contributed by atoms with van der Waals surface area (Å²) in [6.07, 6.45) is 1.68. The Morgan fingerprint density at radius 2 is 1.61 bits per heavy atom. The Kier molecular flexibility index (Phi) is 4.57. The van der Waals surface area contributed by atoms with E-state index in [1.165, 1.54) is 16.0 Å². The average molecular weight is 331 g/mol. The molecule has 1 aliphatic rings. The van der Waals surface area contributed by atoms with Crippen molar-refractivity contribution in [1.82, 2.24) is 4.90 Å². The number of aryl methyl sites for hydroxylation is 1. The smallest absolute Gasteiger partial charge is 0.263 e. The predicted molar refractivity (Wildman–Crippen MR) is 91.9 cm³/mol. The molecule has 2 aromatic rings. The molecule has 23 heavy (non-hydrogen) atoms. The zero-order valence-corrected chi connectivity index (χ0v) is 14.5. The van der Waals surface area contributed by atoms with Gasteiger partial charge in [0.05, 0.1) is 19.1 Å². The number of carbonyl (C=O) groups excluding carboxylic acids is 1. The van der Waals surface area contributed by atoms with E-state index in [1.54, 1.807) is 25.6 Å². The Morgan fingerprint density at radius 3 is 2.04 bits per heavy atom. The van der Waals surface area contributed by atoms with E-state index >= 15 is 0 Å². The number of methoxy groups -OCH3 is 2. The maximum absolute atomic E-state index is 12.7. The van der Waals surface area contributed by atoms with Crippen LogP contribution in [0.5, 0.6) is 11.5 Å². The lowest BCUT2D eigenvalue weighted by Crippen LogP contribution is -2.32. The number of benzene rings is 1. The van der Waals surface area contributed by atoms with E-state index in [1.807, 2.05) is 36.1 Å². The van der Waals surface area contributed by atoms with Crippen LogP contribution in [-0.2, 0) is 12.8 Å². The van der Waals surface area contributed by atoms with E-state index < -0.39 is 0 Å². The van der Waals surface area contributed by atoms with Gasteiger partial charge in [0.1, 0.15) is 0 Å². The molecule has 0 aliphatic carbocycles. The molecular weight excluding hydrogens is 310 g/mol. The minimum absolute atomic E-state index is 0.134. The van der Waals surface area contributed by atoms with Crippen molar-refractivity contribution >= 4 is 17.2 Å². The SMILES string of the molecule is COc1cc2c(cc1OC)CCN(C(=O)c1ccc(C)s1)CC2. The summed E-state index contributed by atoms with van der Waals surface area (Å²) >= 11 is 1.56. The van der Waals surface area contributed by atoms with Crippen LogP contribution in [-0.4, -0.2) is 38.1 Å². The first-order valence-electron chi connectivity index (χ1n) is 7.72. The zero-order chi connectivity index (χ0) is 16.4. The molecule has 5 heteroatoms. The van der Waals surface area contributed by atoms with Gasteiger partial charge in [-0.1, -0.05) is 0 Å². The first-order chi connectivity index (χ1) is 11.1. The summed E-state index contributed by atoms with van der Waals surface area (Å²) in [5.41, 5.74) is 2.47. The molecule has 0 atom stereocenters. The third-order valence-corrected chi connectivity index (χ3v) is 5.23. The maximum atomic E-state index is 12.7. The van der Waals surface area contributed by atoms with E-state index in [-0.39, 0.29) is 5.91 Å². The molecule has 2 heterocycles. The van der Waals surface area contributed by atoms with Crippen molar-refractivity contribution in [3.8, 4) is 11.5 Å². The first kappa shape index (κ1) is 15.9. The normalized spacial score (nSPS) is 14.1. The second-order valence-corrected chi connectivity index (χ2v) is 6.97. The highest BCUT2D eigenvalue weighted by atomic mass is 32.1. The Hall–Kier alpha value is -2.01. The van der Waals surface area contributed by atoms with Crippen LogP contribution >= 0.6 is 11.3 Å². The number of nitrogens with zero attached hydrogens (tertiary/aromatic N) is 1. The van der Waals surface area contributed by atoms with Gasteiger partial charge in [0.15, 0.2) is 11.5 Å². The quantitative estimate of drug-likeness (QED) is 0.866. The Balaban J connectivity index is 1.81. The molecule has 1 amide bonds. The first-order valence-corrected chi connectivity index (χ1v) is 8.53. The number of hydrogen-bond acceptors (Lipinski definition) is 4. The van der Waals surface area contributed by atoms with E-state index in [2.05, 4.69) is 0 Å². The summed E-state index contributed by atoms with van der Waals surface area (Å²) in [4.78, 5) is 16.6. The van der Waals surface area contributed by atoms with Gasteiger partial charge in [-0.15, -0.1) is 11.3 Å². The van der Waals surface area contributed by atoms with Crippen LogP contribution in [0.4, 0.5) is 0 Å². The van der Waals surface area contributed by atoms with Gasteiger partial charge in [-0.05, 0) is 55.2 Å². The minimum Gasteiger partial charge on any atom is -0.493 e. The van der Waals surface area contributed by atoms with Gasteiger partial charge in [0.2, 0.25) is 0 Å². The van der Waals surface area contributed by atoms with Crippen LogP contribution in [0.3, 0.4) is 0 Å². The summed E-state index contributed by atoms with van der Waals surface area (Å²) in [5, 5.41) is 0. The van der Waals surface area contributed by atoms with Gasteiger partial charge < -0.3 is 14.4 Å². The molecular formula is C18H21NO3S. The van der Waals surface area contributed by atoms with Crippen molar-refractivity contribution in [3.63, 3.8) is 0 Å². The monoisotopic (exact) mass is 331 g/mol. The lowest BCUT2D eigenvalue weighted by molar-refractivity contribution is 0.0768. The molecule has 0 N–H and O–H groups in total. The predicted octanol–water partition coefficient (Wildman–Crippen LogP) is 3.31. The van der Waals surface area contributed by atoms with Crippen molar-refractivity contribution in [1.29, 1.82) is 0 Å². The molecule has 4 nitrogen and oxygen atoms in total. The van der Waals surface area contributed by atoms with Crippen LogP contribution in [0, 0.1) is 6.92 Å². The number of ether oxygens (including phenoxy) is 2. The average Bonchev–Trinajstić information content (AvgIpc) is 2.89. The molecule has 0 spiro atoms. The van der Waals surface area contributed by atoms with E-state index in [0.29, 0.717) is 0 Å². The minimum atomic E-state index is 0.134. The van der Waals surface area contributed by atoms with Crippen LogP contribution < -0.4 is 9.47 Å². The molecule has 0 radical (unpaired) electrons. The molecule has 3 rings (SSSR count). The maximum Gasteiger partial charge on any atom is 0.263 e. The number of rotatable bonds is 3. The topological polar surface area (TPSA) is 38.8 Å². The summed E-state index contributed by atoms with van der Waals surface area (Å²) in [6.45, 7) is 3.49. The van der Waals surface area contributed by atoms with Gasteiger partial charge in [0, 0.05) is 18.0 Å². The third-order valence-electron chi connectivity index (χ3n) is 4.25. The highest BCUT2D eigenvalue weighted by Gasteiger charge is 2.22. The summed E-state index contributed by atoms with van der Waals surface area (Å²) in [5.74, 6) is 1.63. The van der Waals surface area contributed by atoms with Crippen molar-refractivity contribution in [2.75, 3.05) is 27.3 Å². The Morgan fingerprint density at radius 1 is 1.04 bits per heavy atom. The highest BCUT2D eigenvalue weighted by molar-refractivity contribution is 7.13. The number of hydrogen-bond donors (Lipinski definition) is 0. The van der Waals surface area contributed by atoms with E-state index in [9.17, 15) is 4.79 Å². The standard InChI is InChI=1S/C18H21NO3S/c1-12-4-5-17(23-12)18(20)19-8-6-13-10-15(21-2)16(22-3)11-14(13)7-9-19/h4-5,10-11H,6-9H2,1-3H3. The lowest BCUT2D eigenvalue weighted by atomic mass is 10.0. The van der Waals surface area contributed by atoms with Gasteiger partial charge >= 0.3 is 0 Å². The molecule has 1 aromatic heterocycles. The summed E-state index contributed by atoms with van der Waals surface area (Å²) < 4.78 is 10.8. The second-order valence-electron chi connectivity index (χ2n) is 5.68. The van der Waals surface area contributed by atoms with Crippen LogP contribution in [0.25, 0.3) is 0 Å². The Bertz CT molecular complexity index is 688. The molecule has 1 aromatic carbocycles. The molecule has 122 valence electrons. The van der Waals surface area contributed by atoms with E-state index in [0.717, 1.165) is 42.3 Å². The van der Waals surface area contributed by atoms with E-state index in [4.69, 9.17) is 9.47 Å². The van der Waals surface area contributed by atoms with Crippen molar-refractivity contribution in [2.24, 2.45) is 0 Å². The van der Waals surface area contributed by atoms with Crippen LogP contribution in [0.2, 0.25) is 0 Å². The molecule has 0 saturated heterocycles. The van der Waals surface area contributed by atoms with Gasteiger partial charge in [0.25, 0.3) is 5.91 Å². The fourth-order valence-corrected chi connectivity index (χ4v) is 3.80. The molecule has 0 bridgehead atoms. The van der Waals surface area contributed by atoms with Crippen LogP contribution in [0.1, 0.15) is 25.7 Å². The molecule has 0 fully saturated rings. The largest absolute Gasteiger partial charge is 0.493 e. The fraction of sp³-hybridized carbons (Fsp3) is 0.389. The van der Waals surface area contributed by atoms with Crippen LogP contribution in [0.15, 0.2) is 24.3 Å². The molecule has 1 aliphatic heterocycles. The number of amides is 1. The number of thiophene rings is 1. The number of carbonyl (C=O) groups is 1. The third kappa shape index (κ3) is 3.20. The highest BCUT2D eigenvalue weighted by Crippen LogP contribution is 2.32. The second kappa shape index (κ2) is 6.62.